The van der Waals surface area contributed by atoms with Crippen LogP contribution in [-0.2, 0) is 4.74 Å². The van der Waals surface area contributed by atoms with E-state index in [9.17, 15) is 0 Å². The van der Waals surface area contributed by atoms with Gasteiger partial charge in [-0.2, -0.15) is 0 Å². The molecule has 2 aliphatic heterocycles. The van der Waals surface area contributed by atoms with Crippen LogP contribution in [0.3, 0.4) is 0 Å². The first-order valence-corrected chi connectivity index (χ1v) is 7.38. The van der Waals surface area contributed by atoms with E-state index < -0.39 is 0 Å². The van der Waals surface area contributed by atoms with Gasteiger partial charge in [-0.15, -0.1) is 0 Å². The summed E-state index contributed by atoms with van der Waals surface area (Å²) in [4.78, 5) is 2.55. The molecule has 104 valence electrons. The highest BCUT2D eigenvalue weighted by Gasteiger charge is 2.43. The number of likely N-dealkylation sites (tertiary alicyclic amines) is 1. The van der Waals surface area contributed by atoms with E-state index in [0.717, 1.165) is 26.2 Å². The fourth-order valence-electron chi connectivity index (χ4n) is 3.37. The second-order valence-electron chi connectivity index (χ2n) is 6.13. The van der Waals surface area contributed by atoms with Gasteiger partial charge in [0.05, 0.1) is 0 Å². The number of ether oxygens (including phenoxy) is 1. The van der Waals surface area contributed by atoms with Crippen LogP contribution >= 0.6 is 0 Å². The van der Waals surface area contributed by atoms with Gasteiger partial charge in [0.1, 0.15) is 0 Å². The van der Waals surface area contributed by atoms with E-state index in [-0.39, 0.29) is 6.04 Å². The Hall–Kier alpha value is -0.900. The third-order valence-corrected chi connectivity index (χ3v) is 4.66. The molecule has 2 saturated heterocycles. The summed E-state index contributed by atoms with van der Waals surface area (Å²) in [5.41, 5.74) is 8.08. The molecule has 19 heavy (non-hydrogen) atoms. The number of rotatable bonds is 4. The van der Waals surface area contributed by atoms with E-state index in [1.165, 1.54) is 31.5 Å². The van der Waals surface area contributed by atoms with Crippen LogP contribution in [0.25, 0.3) is 0 Å². The molecule has 1 spiro atoms. The largest absolute Gasteiger partial charge is 0.381 e. The summed E-state index contributed by atoms with van der Waals surface area (Å²) in [5.74, 6) is 0. The lowest BCUT2D eigenvalue weighted by Gasteiger charge is -2.52. The van der Waals surface area contributed by atoms with E-state index in [2.05, 4.69) is 29.2 Å². The molecule has 2 aliphatic rings. The lowest BCUT2D eigenvalue weighted by Crippen LogP contribution is -2.58. The summed E-state index contributed by atoms with van der Waals surface area (Å²) in [6.07, 6.45) is 3.54. The first-order valence-electron chi connectivity index (χ1n) is 7.38. The molecule has 0 radical (unpaired) electrons. The summed E-state index contributed by atoms with van der Waals surface area (Å²) >= 11 is 0. The molecule has 3 rings (SSSR count). The van der Waals surface area contributed by atoms with Crippen molar-refractivity contribution in [1.29, 1.82) is 0 Å². The highest BCUT2D eigenvalue weighted by molar-refractivity contribution is 5.18. The predicted molar refractivity (Wildman–Crippen MR) is 76.9 cm³/mol. The fourth-order valence-corrected chi connectivity index (χ4v) is 3.37. The maximum atomic E-state index is 6.25. The van der Waals surface area contributed by atoms with E-state index in [0.29, 0.717) is 5.41 Å². The van der Waals surface area contributed by atoms with Gasteiger partial charge in [0.2, 0.25) is 0 Å². The van der Waals surface area contributed by atoms with Crippen molar-refractivity contribution in [3.05, 3.63) is 35.9 Å². The van der Waals surface area contributed by atoms with Gasteiger partial charge in [0, 0.05) is 37.8 Å². The van der Waals surface area contributed by atoms with Gasteiger partial charge in [0.15, 0.2) is 0 Å². The molecule has 1 atom stereocenters. The van der Waals surface area contributed by atoms with Crippen LogP contribution in [0.5, 0.6) is 0 Å². The Labute approximate surface area is 115 Å². The van der Waals surface area contributed by atoms with Crippen molar-refractivity contribution in [1.82, 2.24) is 4.90 Å². The summed E-state index contributed by atoms with van der Waals surface area (Å²) in [7, 11) is 0. The van der Waals surface area contributed by atoms with Crippen LogP contribution in [0.15, 0.2) is 30.3 Å². The Balaban J connectivity index is 1.42. The molecule has 0 amide bonds. The molecule has 3 nitrogen and oxygen atoms in total. The quantitative estimate of drug-likeness (QED) is 0.902. The van der Waals surface area contributed by atoms with Crippen molar-refractivity contribution >= 4 is 0 Å². The van der Waals surface area contributed by atoms with Crippen LogP contribution in [0.4, 0.5) is 0 Å². The van der Waals surface area contributed by atoms with Gasteiger partial charge < -0.3 is 15.4 Å². The van der Waals surface area contributed by atoms with E-state index in [1.54, 1.807) is 0 Å². The van der Waals surface area contributed by atoms with Gasteiger partial charge in [-0.3, -0.25) is 0 Å². The van der Waals surface area contributed by atoms with Crippen molar-refractivity contribution in [3.63, 3.8) is 0 Å². The second-order valence-corrected chi connectivity index (χ2v) is 6.13. The number of benzene rings is 1. The fraction of sp³-hybridized carbons (Fsp3) is 0.625. The molecular formula is C16H24N2O. The molecule has 1 aromatic rings. The van der Waals surface area contributed by atoms with Crippen molar-refractivity contribution in [2.75, 3.05) is 32.8 Å². The second kappa shape index (κ2) is 5.61. The Bertz CT molecular complexity index is 392. The molecule has 0 bridgehead atoms. The van der Waals surface area contributed by atoms with Gasteiger partial charge in [-0.05, 0) is 31.4 Å². The highest BCUT2D eigenvalue weighted by atomic mass is 16.5. The summed E-state index contributed by atoms with van der Waals surface area (Å²) < 4.78 is 5.45. The van der Waals surface area contributed by atoms with Crippen LogP contribution in [0.1, 0.15) is 30.9 Å². The smallest absolute Gasteiger partial charge is 0.0472 e. The first kappa shape index (κ1) is 13.1. The van der Waals surface area contributed by atoms with Crippen molar-refractivity contribution in [3.8, 4) is 0 Å². The lowest BCUT2D eigenvalue weighted by molar-refractivity contribution is -0.0809. The zero-order chi connectivity index (χ0) is 13.1. The van der Waals surface area contributed by atoms with Crippen molar-refractivity contribution in [2.24, 2.45) is 11.1 Å². The van der Waals surface area contributed by atoms with E-state index in [1.807, 2.05) is 6.07 Å². The number of nitrogens with two attached hydrogens (primary N) is 1. The topological polar surface area (TPSA) is 38.5 Å². The monoisotopic (exact) mass is 260 g/mol. The molecule has 0 saturated carbocycles. The molecule has 2 heterocycles. The number of hydrogen-bond acceptors (Lipinski definition) is 3. The normalized spacial score (nSPS) is 24.1. The molecule has 2 N–H and O–H groups in total. The molecule has 3 heteroatoms. The minimum absolute atomic E-state index is 0.174. The molecule has 2 fully saturated rings. The Morgan fingerprint density at radius 3 is 2.53 bits per heavy atom. The first-order chi connectivity index (χ1) is 9.27. The van der Waals surface area contributed by atoms with E-state index >= 15 is 0 Å². The maximum Gasteiger partial charge on any atom is 0.0472 e. The van der Waals surface area contributed by atoms with Crippen molar-refractivity contribution < 1.29 is 4.74 Å². The lowest BCUT2D eigenvalue weighted by atomic mass is 9.73. The number of hydrogen-bond donors (Lipinski definition) is 1. The minimum Gasteiger partial charge on any atom is -0.381 e. The average molecular weight is 260 g/mol. The third-order valence-electron chi connectivity index (χ3n) is 4.66. The number of nitrogens with zero attached hydrogens (tertiary/aromatic N) is 1. The van der Waals surface area contributed by atoms with Crippen LogP contribution in [0.2, 0.25) is 0 Å². The predicted octanol–water partition coefficient (Wildman–Crippen LogP) is 2.19. The van der Waals surface area contributed by atoms with Gasteiger partial charge in [0.25, 0.3) is 0 Å². The average Bonchev–Trinajstić information content (AvgIpc) is 2.44. The molecule has 1 aromatic carbocycles. The summed E-state index contributed by atoms with van der Waals surface area (Å²) in [5, 5.41) is 0. The molecular weight excluding hydrogens is 236 g/mol. The van der Waals surface area contributed by atoms with Gasteiger partial charge in [-0.1, -0.05) is 30.3 Å². The van der Waals surface area contributed by atoms with E-state index in [4.69, 9.17) is 10.5 Å². The molecule has 1 unspecified atom stereocenters. The zero-order valence-electron chi connectivity index (χ0n) is 11.6. The minimum atomic E-state index is 0.174. The Morgan fingerprint density at radius 1 is 1.16 bits per heavy atom. The molecule has 0 aromatic heterocycles. The third kappa shape index (κ3) is 2.99. The highest BCUT2D eigenvalue weighted by Crippen LogP contribution is 2.39. The summed E-state index contributed by atoms with van der Waals surface area (Å²) in [6.45, 7) is 5.53. The van der Waals surface area contributed by atoms with Gasteiger partial charge in [-0.25, -0.2) is 0 Å². The zero-order valence-corrected chi connectivity index (χ0v) is 11.6. The Kier molecular flexibility index (Phi) is 3.87. The summed E-state index contributed by atoms with van der Waals surface area (Å²) in [6, 6.07) is 10.6. The standard InChI is InChI=1S/C16H24N2O/c17-15(14-4-2-1-3-5-14)6-9-18-12-16(13-18)7-10-19-11-8-16/h1-5,15H,6-13,17H2. The van der Waals surface area contributed by atoms with Crippen molar-refractivity contribution in [2.45, 2.75) is 25.3 Å². The SMILES string of the molecule is NC(CCN1CC2(CCOCC2)C1)c1ccccc1. The van der Waals surface area contributed by atoms with Crippen LogP contribution in [0, 0.1) is 5.41 Å². The Morgan fingerprint density at radius 2 is 1.84 bits per heavy atom. The maximum absolute atomic E-state index is 6.25. The van der Waals surface area contributed by atoms with Crippen LogP contribution < -0.4 is 5.73 Å². The molecule has 0 aliphatic carbocycles. The van der Waals surface area contributed by atoms with Gasteiger partial charge >= 0.3 is 0 Å². The van der Waals surface area contributed by atoms with Crippen LogP contribution in [-0.4, -0.2) is 37.7 Å².